The monoisotopic (exact) mass is 281 g/mol. The number of nitrogens with one attached hydrogen (secondary N) is 1. The molecule has 1 aromatic carbocycles. The van der Waals surface area contributed by atoms with Crippen molar-refractivity contribution >= 4 is 17.3 Å². The number of hydrogen-bond acceptors (Lipinski definition) is 2. The van der Waals surface area contributed by atoms with Gasteiger partial charge >= 0.3 is 0 Å². The molecule has 106 valence electrons. The van der Waals surface area contributed by atoms with Gasteiger partial charge in [0.05, 0.1) is 12.8 Å². The van der Waals surface area contributed by atoms with E-state index in [1.165, 1.54) is 44.9 Å². The van der Waals surface area contributed by atoms with E-state index >= 15 is 0 Å². The van der Waals surface area contributed by atoms with Gasteiger partial charge in [0.2, 0.25) is 0 Å². The molecule has 2 rings (SSSR count). The number of ether oxygens (including phenoxy) is 1. The number of rotatable bonds is 3. The van der Waals surface area contributed by atoms with E-state index in [1.54, 1.807) is 7.11 Å². The Balaban J connectivity index is 2.10. The van der Waals surface area contributed by atoms with Crippen LogP contribution in [0.25, 0.3) is 0 Å². The van der Waals surface area contributed by atoms with Crippen molar-refractivity contribution in [2.45, 2.75) is 57.9 Å². The molecule has 0 bridgehead atoms. The smallest absolute Gasteiger partial charge is 0.143 e. The van der Waals surface area contributed by atoms with Crippen LogP contribution in [0.1, 0.15) is 50.5 Å². The Labute approximate surface area is 121 Å². The molecule has 0 aromatic heterocycles. The molecule has 1 aromatic rings. The van der Waals surface area contributed by atoms with Crippen molar-refractivity contribution in [1.29, 1.82) is 0 Å². The van der Waals surface area contributed by atoms with E-state index < -0.39 is 0 Å². The molecule has 1 fully saturated rings. The molecule has 1 N–H and O–H groups in total. The molecule has 19 heavy (non-hydrogen) atoms. The van der Waals surface area contributed by atoms with Crippen molar-refractivity contribution in [3.63, 3.8) is 0 Å². The van der Waals surface area contributed by atoms with Gasteiger partial charge in [-0.1, -0.05) is 43.7 Å². The number of methoxy groups -OCH3 is 1. The Morgan fingerprint density at radius 1 is 1.11 bits per heavy atom. The van der Waals surface area contributed by atoms with Crippen LogP contribution in [-0.2, 0) is 0 Å². The fraction of sp³-hybridized carbons (Fsp3) is 0.625. The first-order chi connectivity index (χ1) is 9.20. The van der Waals surface area contributed by atoms with Crippen molar-refractivity contribution in [1.82, 2.24) is 0 Å². The van der Waals surface area contributed by atoms with E-state index in [0.29, 0.717) is 6.04 Å². The molecule has 0 unspecified atom stereocenters. The number of benzene rings is 1. The van der Waals surface area contributed by atoms with E-state index in [0.717, 1.165) is 22.0 Å². The Bertz CT molecular complexity index is 411. The van der Waals surface area contributed by atoms with Gasteiger partial charge in [0.1, 0.15) is 5.75 Å². The maximum absolute atomic E-state index is 6.15. The summed E-state index contributed by atoms with van der Waals surface area (Å²) in [6, 6.07) is 4.57. The van der Waals surface area contributed by atoms with Crippen molar-refractivity contribution in [2.24, 2.45) is 0 Å². The van der Waals surface area contributed by atoms with Gasteiger partial charge < -0.3 is 10.1 Å². The predicted molar refractivity (Wildman–Crippen MR) is 82.5 cm³/mol. The summed E-state index contributed by atoms with van der Waals surface area (Å²) in [7, 11) is 1.70. The third-order valence-electron chi connectivity index (χ3n) is 3.95. The largest absolute Gasteiger partial charge is 0.495 e. The van der Waals surface area contributed by atoms with E-state index in [-0.39, 0.29) is 0 Å². The lowest BCUT2D eigenvalue weighted by Crippen LogP contribution is -2.21. The zero-order valence-electron chi connectivity index (χ0n) is 12.0. The van der Waals surface area contributed by atoms with Crippen molar-refractivity contribution < 1.29 is 4.74 Å². The van der Waals surface area contributed by atoms with Crippen LogP contribution in [0.4, 0.5) is 5.69 Å². The molecule has 0 saturated heterocycles. The maximum atomic E-state index is 6.15. The Morgan fingerprint density at radius 2 is 1.74 bits per heavy atom. The van der Waals surface area contributed by atoms with Crippen LogP contribution in [-0.4, -0.2) is 13.2 Å². The fourth-order valence-electron chi connectivity index (χ4n) is 2.77. The highest BCUT2D eigenvalue weighted by Gasteiger charge is 2.14. The van der Waals surface area contributed by atoms with Gasteiger partial charge in [-0.05, 0) is 31.4 Å². The van der Waals surface area contributed by atoms with Gasteiger partial charge in [-0.25, -0.2) is 0 Å². The van der Waals surface area contributed by atoms with Gasteiger partial charge in [0.15, 0.2) is 0 Å². The van der Waals surface area contributed by atoms with Crippen LogP contribution >= 0.6 is 11.6 Å². The second-order valence-corrected chi connectivity index (χ2v) is 5.90. The number of aryl methyl sites for hydroxylation is 1. The summed E-state index contributed by atoms with van der Waals surface area (Å²) < 4.78 is 5.43. The van der Waals surface area contributed by atoms with E-state index in [4.69, 9.17) is 16.3 Å². The lowest BCUT2D eigenvalue weighted by atomic mass is 9.96. The van der Waals surface area contributed by atoms with Crippen LogP contribution in [0.15, 0.2) is 12.1 Å². The van der Waals surface area contributed by atoms with E-state index in [9.17, 15) is 0 Å². The first-order valence-corrected chi connectivity index (χ1v) is 7.69. The lowest BCUT2D eigenvalue weighted by molar-refractivity contribution is 0.414. The minimum Gasteiger partial charge on any atom is -0.495 e. The van der Waals surface area contributed by atoms with Crippen molar-refractivity contribution in [2.75, 3.05) is 12.4 Å². The molecule has 3 heteroatoms. The zero-order valence-corrected chi connectivity index (χ0v) is 12.7. The zero-order chi connectivity index (χ0) is 13.7. The molecule has 1 aliphatic carbocycles. The van der Waals surface area contributed by atoms with Gasteiger partial charge in [0.25, 0.3) is 0 Å². The topological polar surface area (TPSA) is 21.3 Å². The molecule has 0 atom stereocenters. The quantitative estimate of drug-likeness (QED) is 0.824. The van der Waals surface area contributed by atoms with Gasteiger partial charge in [-0.2, -0.15) is 0 Å². The maximum Gasteiger partial charge on any atom is 0.143 e. The summed E-state index contributed by atoms with van der Waals surface area (Å²) in [5.41, 5.74) is 2.17. The molecule has 0 aliphatic heterocycles. The normalized spacial score (nSPS) is 17.6. The van der Waals surface area contributed by atoms with Crippen molar-refractivity contribution in [3.05, 3.63) is 22.7 Å². The van der Waals surface area contributed by atoms with E-state index in [2.05, 4.69) is 11.4 Å². The molecule has 0 spiro atoms. The van der Waals surface area contributed by atoms with Crippen LogP contribution in [0.2, 0.25) is 5.02 Å². The van der Waals surface area contributed by atoms with Crippen molar-refractivity contribution in [3.8, 4) is 5.75 Å². The summed E-state index contributed by atoms with van der Waals surface area (Å²) >= 11 is 6.15. The number of hydrogen-bond donors (Lipinski definition) is 1. The average Bonchev–Trinajstić information content (AvgIpc) is 2.36. The summed E-state index contributed by atoms with van der Waals surface area (Å²) in [6.07, 6.45) is 9.30. The fourth-order valence-corrected chi connectivity index (χ4v) is 2.92. The molecule has 2 nitrogen and oxygen atoms in total. The number of anilines is 1. The van der Waals surface area contributed by atoms with Gasteiger partial charge in [-0.3, -0.25) is 0 Å². The average molecular weight is 282 g/mol. The molecule has 0 radical (unpaired) electrons. The number of halogens is 1. The Hall–Kier alpha value is -0.890. The summed E-state index contributed by atoms with van der Waals surface area (Å²) in [5, 5.41) is 4.42. The predicted octanol–water partition coefficient (Wildman–Crippen LogP) is 5.18. The van der Waals surface area contributed by atoms with Gasteiger partial charge in [-0.15, -0.1) is 0 Å². The highest BCUT2D eigenvalue weighted by atomic mass is 35.5. The molecular formula is C16H24ClNO. The highest BCUT2D eigenvalue weighted by Crippen LogP contribution is 2.32. The van der Waals surface area contributed by atoms with Crippen LogP contribution in [0.3, 0.4) is 0 Å². The summed E-state index contributed by atoms with van der Waals surface area (Å²) in [5.74, 6) is 0.845. The molecule has 1 saturated carbocycles. The van der Waals surface area contributed by atoms with Crippen LogP contribution in [0, 0.1) is 6.92 Å². The molecule has 0 heterocycles. The SMILES string of the molecule is COc1cc(Cl)c(C)cc1NC1CCCCCCC1. The standard InChI is InChI=1S/C16H24ClNO/c1-12-10-15(16(19-2)11-14(12)17)18-13-8-6-4-3-5-7-9-13/h10-11,13,18H,3-9H2,1-2H3. The minimum absolute atomic E-state index is 0.565. The second-order valence-electron chi connectivity index (χ2n) is 5.49. The first kappa shape index (κ1) is 14.5. The molecular weight excluding hydrogens is 258 g/mol. The third-order valence-corrected chi connectivity index (χ3v) is 4.35. The first-order valence-electron chi connectivity index (χ1n) is 7.31. The highest BCUT2D eigenvalue weighted by molar-refractivity contribution is 6.31. The van der Waals surface area contributed by atoms with Gasteiger partial charge in [0, 0.05) is 17.1 Å². The van der Waals surface area contributed by atoms with Crippen LogP contribution < -0.4 is 10.1 Å². The third kappa shape index (κ3) is 4.04. The summed E-state index contributed by atoms with van der Waals surface area (Å²) in [4.78, 5) is 0. The Morgan fingerprint density at radius 3 is 2.37 bits per heavy atom. The molecule has 1 aliphatic rings. The lowest BCUT2D eigenvalue weighted by Gasteiger charge is -2.23. The second kappa shape index (κ2) is 7.04. The minimum atomic E-state index is 0.565. The van der Waals surface area contributed by atoms with Crippen LogP contribution in [0.5, 0.6) is 5.75 Å². The summed E-state index contributed by atoms with van der Waals surface area (Å²) in [6.45, 7) is 2.03. The van der Waals surface area contributed by atoms with E-state index in [1.807, 2.05) is 13.0 Å². The molecule has 0 amide bonds. The Kier molecular flexibility index (Phi) is 5.38.